The molecule has 26 heavy (non-hydrogen) atoms. The van der Waals surface area contributed by atoms with Gasteiger partial charge in [0.25, 0.3) is 0 Å². The molecule has 3 nitrogen and oxygen atoms in total. The van der Waals surface area contributed by atoms with Gasteiger partial charge in [0.15, 0.2) is 0 Å². The largest absolute Gasteiger partial charge is 0.489 e. The molecule has 0 amide bonds. The number of carboxylic acid groups (broad SMARTS) is 1. The molecule has 1 N–H and O–H groups in total. The van der Waals surface area contributed by atoms with E-state index < -0.39 is 5.97 Å². The number of rotatable bonds is 7. The van der Waals surface area contributed by atoms with Crippen molar-refractivity contribution < 1.29 is 14.6 Å². The van der Waals surface area contributed by atoms with Crippen LogP contribution < -0.4 is 4.74 Å². The standard InChI is InChI=1S/C22H19ClO3/c23-19-10-9-18(21(14-19)17-4-2-1-3-5-17)15-26-20-11-6-16(7-12-20)8-13-22(24)25/h1-7,9-12,14H,8,13,15H2,(H,24,25). The first-order valence-corrected chi connectivity index (χ1v) is 8.77. The molecule has 0 aromatic heterocycles. The zero-order valence-corrected chi connectivity index (χ0v) is 14.9. The van der Waals surface area contributed by atoms with Crippen molar-refractivity contribution in [3.05, 3.63) is 88.9 Å². The molecule has 0 aliphatic heterocycles. The fraction of sp³-hybridized carbons (Fsp3) is 0.136. The summed E-state index contributed by atoms with van der Waals surface area (Å²) in [6, 6.07) is 23.4. The van der Waals surface area contributed by atoms with Gasteiger partial charge in [0, 0.05) is 11.4 Å². The lowest BCUT2D eigenvalue weighted by molar-refractivity contribution is -0.136. The molecule has 0 atom stereocenters. The van der Waals surface area contributed by atoms with Gasteiger partial charge in [-0.15, -0.1) is 0 Å². The zero-order valence-electron chi connectivity index (χ0n) is 14.2. The molecule has 4 heteroatoms. The number of hydrogen-bond donors (Lipinski definition) is 1. The monoisotopic (exact) mass is 366 g/mol. The molecule has 3 aromatic carbocycles. The smallest absolute Gasteiger partial charge is 0.303 e. The molecule has 0 spiro atoms. The van der Waals surface area contributed by atoms with Crippen molar-refractivity contribution in [2.24, 2.45) is 0 Å². The number of halogens is 1. The fourth-order valence-electron chi connectivity index (χ4n) is 2.73. The topological polar surface area (TPSA) is 46.5 Å². The van der Waals surface area contributed by atoms with Gasteiger partial charge in [0.2, 0.25) is 0 Å². The summed E-state index contributed by atoms with van der Waals surface area (Å²) in [6.07, 6.45) is 0.649. The van der Waals surface area contributed by atoms with Gasteiger partial charge in [0.1, 0.15) is 12.4 Å². The molecule has 3 rings (SSSR count). The molecule has 132 valence electrons. The van der Waals surface area contributed by atoms with E-state index in [0.29, 0.717) is 18.1 Å². The van der Waals surface area contributed by atoms with Gasteiger partial charge in [0.05, 0.1) is 0 Å². The highest BCUT2D eigenvalue weighted by Gasteiger charge is 2.07. The van der Waals surface area contributed by atoms with Crippen molar-refractivity contribution in [2.45, 2.75) is 19.4 Å². The van der Waals surface area contributed by atoms with Crippen LogP contribution in [0, 0.1) is 0 Å². The highest BCUT2D eigenvalue weighted by Crippen LogP contribution is 2.28. The summed E-state index contributed by atoms with van der Waals surface area (Å²) in [5.74, 6) is -0.0421. The molecule has 0 fully saturated rings. The van der Waals surface area contributed by atoms with Crippen LogP contribution in [0.1, 0.15) is 17.5 Å². The Morgan fingerprint density at radius 2 is 1.69 bits per heavy atom. The second kappa shape index (κ2) is 8.54. The van der Waals surface area contributed by atoms with Gasteiger partial charge in [-0.2, -0.15) is 0 Å². The Morgan fingerprint density at radius 1 is 0.962 bits per heavy atom. The lowest BCUT2D eigenvalue weighted by Crippen LogP contribution is -1.99. The Hall–Kier alpha value is -2.78. The van der Waals surface area contributed by atoms with Gasteiger partial charge >= 0.3 is 5.97 Å². The zero-order chi connectivity index (χ0) is 18.4. The van der Waals surface area contributed by atoms with E-state index in [2.05, 4.69) is 0 Å². The van der Waals surface area contributed by atoms with Crippen molar-refractivity contribution in [1.29, 1.82) is 0 Å². The quantitative estimate of drug-likeness (QED) is 0.591. The van der Waals surface area contributed by atoms with E-state index in [4.69, 9.17) is 21.4 Å². The van der Waals surface area contributed by atoms with Crippen molar-refractivity contribution in [2.75, 3.05) is 0 Å². The molecular formula is C22H19ClO3. The number of carbonyl (C=O) groups is 1. The first kappa shape index (κ1) is 18.0. The van der Waals surface area contributed by atoms with E-state index in [1.165, 1.54) is 0 Å². The summed E-state index contributed by atoms with van der Waals surface area (Å²) in [6.45, 7) is 0.426. The predicted octanol–water partition coefficient (Wildman–Crippen LogP) is 5.60. The van der Waals surface area contributed by atoms with E-state index in [9.17, 15) is 4.79 Å². The summed E-state index contributed by atoms with van der Waals surface area (Å²) in [4.78, 5) is 10.6. The SMILES string of the molecule is O=C(O)CCc1ccc(OCc2ccc(Cl)cc2-c2ccccc2)cc1. The molecule has 0 heterocycles. The summed E-state index contributed by atoms with van der Waals surface area (Å²) in [5.41, 5.74) is 4.18. The molecular weight excluding hydrogens is 348 g/mol. The average Bonchev–Trinajstić information content (AvgIpc) is 2.67. The van der Waals surface area contributed by atoms with E-state index >= 15 is 0 Å². The van der Waals surface area contributed by atoms with Crippen LogP contribution in [-0.2, 0) is 17.8 Å². The molecule has 3 aromatic rings. The minimum absolute atomic E-state index is 0.130. The van der Waals surface area contributed by atoms with Crippen LogP contribution >= 0.6 is 11.6 Å². The molecule has 0 bridgehead atoms. The van der Waals surface area contributed by atoms with Crippen LogP contribution in [0.2, 0.25) is 5.02 Å². The molecule has 0 saturated heterocycles. The normalized spacial score (nSPS) is 10.5. The highest BCUT2D eigenvalue weighted by molar-refractivity contribution is 6.30. The van der Waals surface area contributed by atoms with Crippen LogP contribution in [0.25, 0.3) is 11.1 Å². The van der Waals surface area contributed by atoms with Crippen LogP contribution in [-0.4, -0.2) is 11.1 Å². The number of carboxylic acids is 1. The number of aliphatic carboxylic acids is 1. The van der Waals surface area contributed by atoms with Crippen molar-refractivity contribution in [3.8, 4) is 16.9 Å². The minimum atomic E-state index is -0.790. The third-order valence-corrected chi connectivity index (χ3v) is 4.34. The lowest BCUT2D eigenvalue weighted by atomic mass is 10.0. The van der Waals surface area contributed by atoms with Crippen LogP contribution in [0.15, 0.2) is 72.8 Å². The molecule has 0 aliphatic carbocycles. The molecule has 0 aliphatic rings. The van der Waals surface area contributed by atoms with Gasteiger partial charge in [-0.1, -0.05) is 60.1 Å². The number of aryl methyl sites for hydroxylation is 1. The average molecular weight is 367 g/mol. The summed E-state index contributed by atoms with van der Waals surface area (Å²) in [7, 11) is 0. The Labute approximate surface area is 157 Å². The Kier molecular flexibility index (Phi) is 5.92. The number of ether oxygens (including phenoxy) is 1. The van der Waals surface area contributed by atoms with E-state index in [-0.39, 0.29) is 6.42 Å². The second-order valence-electron chi connectivity index (χ2n) is 5.99. The van der Waals surface area contributed by atoms with E-state index in [1.54, 1.807) is 0 Å². The summed E-state index contributed by atoms with van der Waals surface area (Å²) in [5, 5.41) is 9.44. The Bertz CT molecular complexity index is 874. The van der Waals surface area contributed by atoms with Crippen LogP contribution in [0.3, 0.4) is 0 Å². The number of hydrogen-bond acceptors (Lipinski definition) is 2. The fourth-order valence-corrected chi connectivity index (χ4v) is 2.90. The van der Waals surface area contributed by atoms with Gasteiger partial charge < -0.3 is 9.84 Å². The maximum absolute atomic E-state index is 10.6. The molecule has 0 radical (unpaired) electrons. The first-order chi connectivity index (χ1) is 12.6. The van der Waals surface area contributed by atoms with Gasteiger partial charge in [-0.3, -0.25) is 4.79 Å². The van der Waals surface area contributed by atoms with E-state index in [1.807, 2.05) is 72.8 Å². The Balaban J connectivity index is 1.71. The van der Waals surface area contributed by atoms with Crippen molar-refractivity contribution >= 4 is 17.6 Å². The second-order valence-corrected chi connectivity index (χ2v) is 6.43. The third-order valence-electron chi connectivity index (χ3n) is 4.10. The van der Waals surface area contributed by atoms with E-state index in [0.717, 1.165) is 28.0 Å². The minimum Gasteiger partial charge on any atom is -0.489 e. The maximum Gasteiger partial charge on any atom is 0.303 e. The van der Waals surface area contributed by atoms with Gasteiger partial charge in [-0.05, 0) is 52.9 Å². The van der Waals surface area contributed by atoms with Crippen molar-refractivity contribution in [3.63, 3.8) is 0 Å². The maximum atomic E-state index is 10.6. The predicted molar refractivity (Wildman–Crippen MR) is 104 cm³/mol. The summed E-state index contributed by atoms with van der Waals surface area (Å²) < 4.78 is 5.92. The third kappa shape index (κ3) is 4.87. The molecule has 0 saturated carbocycles. The van der Waals surface area contributed by atoms with Crippen LogP contribution in [0.5, 0.6) is 5.75 Å². The number of benzene rings is 3. The van der Waals surface area contributed by atoms with Crippen molar-refractivity contribution in [1.82, 2.24) is 0 Å². The highest BCUT2D eigenvalue weighted by atomic mass is 35.5. The first-order valence-electron chi connectivity index (χ1n) is 8.39. The Morgan fingerprint density at radius 3 is 2.38 bits per heavy atom. The van der Waals surface area contributed by atoms with Gasteiger partial charge in [-0.25, -0.2) is 0 Å². The lowest BCUT2D eigenvalue weighted by Gasteiger charge is -2.12. The summed E-state index contributed by atoms with van der Waals surface area (Å²) >= 11 is 6.17. The van der Waals surface area contributed by atoms with Crippen LogP contribution in [0.4, 0.5) is 0 Å². The molecule has 0 unspecified atom stereocenters.